The lowest BCUT2D eigenvalue weighted by Gasteiger charge is -2.32. The van der Waals surface area contributed by atoms with E-state index >= 15 is 0 Å². The van der Waals surface area contributed by atoms with Gasteiger partial charge in [-0.05, 0) is 24.7 Å². The molecule has 3 N–H and O–H groups in total. The molecule has 0 aromatic heterocycles. The Kier molecular flexibility index (Phi) is 4.39. The highest BCUT2D eigenvalue weighted by atomic mass is 16.1. The number of benzene rings is 1. The topological polar surface area (TPSA) is 61.6 Å². The number of carbonyl (C=O) groups excluding carboxylic acids is 1. The van der Waals surface area contributed by atoms with E-state index in [-0.39, 0.29) is 5.91 Å². The summed E-state index contributed by atoms with van der Waals surface area (Å²) in [6, 6.07) is 5.54. The standard InChI is InChI=1S/C14H22N4O/c1-16-14(19)11-3-4-12(13(15)9-11)10-18-7-5-17(2)6-8-18/h3-4,9H,5-8,10,15H2,1-2H3,(H,16,19). The van der Waals surface area contributed by atoms with Crippen molar-refractivity contribution in [3.63, 3.8) is 0 Å². The molecular weight excluding hydrogens is 240 g/mol. The molecule has 1 amide bonds. The lowest BCUT2D eigenvalue weighted by atomic mass is 10.1. The molecule has 1 saturated heterocycles. The van der Waals surface area contributed by atoms with Gasteiger partial charge in [0.05, 0.1) is 0 Å². The van der Waals surface area contributed by atoms with Crippen LogP contribution in [0.2, 0.25) is 0 Å². The molecule has 1 aliphatic heterocycles. The molecule has 5 heteroatoms. The van der Waals surface area contributed by atoms with Crippen LogP contribution < -0.4 is 11.1 Å². The van der Waals surface area contributed by atoms with Crippen LogP contribution in [-0.2, 0) is 6.54 Å². The first kappa shape index (κ1) is 13.8. The third-order valence-corrected chi connectivity index (χ3v) is 3.62. The summed E-state index contributed by atoms with van der Waals surface area (Å²) in [5.74, 6) is -0.0992. The number of nitrogens with two attached hydrogens (primary N) is 1. The summed E-state index contributed by atoms with van der Waals surface area (Å²) in [5, 5.41) is 2.60. The molecule has 0 atom stereocenters. The molecule has 0 aliphatic carbocycles. The minimum Gasteiger partial charge on any atom is -0.398 e. The monoisotopic (exact) mass is 262 g/mol. The fourth-order valence-electron chi connectivity index (χ4n) is 2.27. The van der Waals surface area contributed by atoms with Crippen LogP contribution in [0.15, 0.2) is 18.2 Å². The zero-order valence-corrected chi connectivity index (χ0v) is 11.6. The molecule has 1 aliphatic rings. The van der Waals surface area contributed by atoms with Crippen molar-refractivity contribution in [1.29, 1.82) is 0 Å². The van der Waals surface area contributed by atoms with E-state index in [1.807, 2.05) is 12.1 Å². The summed E-state index contributed by atoms with van der Waals surface area (Å²) < 4.78 is 0. The highest BCUT2D eigenvalue weighted by Gasteiger charge is 2.15. The number of likely N-dealkylation sites (N-methyl/N-ethyl adjacent to an activating group) is 1. The number of hydrogen-bond acceptors (Lipinski definition) is 4. The molecule has 0 spiro atoms. The van der Waals surface area contributed by atoms with Crippen LogP contribution in [0.1, 0.15) is 15.9 Å². The Bertz CT molecular complexity index is 453. The number of nitrogen functional groups attached to an aromatic ring is 1. The zero-order chi connectivity index (χ0) is 13.8. The van der Waals surface area contributed by atoms with Gasteiger partial charge in [0.1, 0.15) is 0 Å². The second kappa shape index (κ2) is 6.04. The van der Waals surface area contributed by atoms with E-state index in [2.05, 4.69) is 22.2 Å². The molecule has 1 heterocycles. The first-order valence-electron chi connectivity index (χ1n) is 6.61. The van der Waals surface area contributed by atoms with Crippen molar-refractivity contribution >= 4 is 11.6 Å². The Morgan fingerprint density at radius 2 is 2.00 bits per heavy atom. The molecule has 104 valence electrons. The Morgan fingerprint density at radius 3 is 2.58 bits per heavy atom. The highest BCUT2D eigenvalue weighted by Crippen LogP contribution is 2.17. The molecule has 0 radical (unpaired) electrons. The van der Waals surface area contributed by atoms with Gasteiger partial charge < -0.3 is 16.0 Å². The predicted octanol–water partition coefficient (Wildman–Crippen LogP) is 0.376. The van der Waals surface area contributed by atoms with Crippen LogP contribution in [0.3, 0.4) is 0 Å². The van der Waals surface area contributed by atoms with Gasteiger partial charge in [0.15, 0.2) is 0 Å². The Hall–Kier alpha value is -1.59. The molecule has 19 heavy (non-hydrogen) atoms. The Labute approximate surface area is 114 Å². The van der Waals surface area contributed by atoms with E-state index in [1.54, 1.807) is 13.1 Å². The quantitative estimate of drug-likeness (QED) is 0.773. The van der Waals surface area contributed by atoms with Gasteiger partial charge in [-0.25, -0.2) is 0 Å². The van der Waals surface area contributed by atoms with Gasteiger partial charge in [-0.15, -0.1) is 0 Å². The lowest BCUT2D eigenvalue weighted by molar-refractivity contribution is 0.0963. The van der Waals surface area contributed by atoms with Crippen LogP contribution in [-0.4, -0.2) is 56.0 Å². The number of rotatable bonds is 3. The van der Waals surface area contributed by atoms with E-state index < -0.39 is 0 Å². The third kappa shape index (κ3) is 3.45. The minimum atomic E-state index is -0.0992. The fraction of sp³-hybridized carbons (Fsp3) is 0.500. The lowest BCUT2D eigenvalue weighted by Crippen LogP contribution is -2.43. The molecule has 0 bridgehead atoms. The van der Waals surface area contributed by atoms with Gasteiger partial charge in [0.25, 0.3) is 5.91 Å². The van der Waals surface area contributed by atoms with Gasteiger partial charge in [-0.1, -0.05) is 6.07 Å². The number of nitrogens with one attached hydrogen (secondary N) is 1. The SMILES string of the molecule is CNC(=O)c1ccc(CN2CCN(C)CC2)c(N)c1. The van der Waals surface area contributed by atoms with Crippen LogP contribution in [0.25, 0.3) is 0 Å². The summed E-state index contributed by atoms with van der Waals surface area (Å²) in [7, 11) is 3.76. The van der Waals surface area contributed by atoms with E-state index in [0.29, 0.717) is 11.3 Å². The second-order valence-corrected chi connectivity index (χ2v) is 5.07. The number of amides is 1. The number of nitrogens with zero attached hydrogens (tertiary/aromatic N) is 2. The van der Waals surface area contributed by atoms with Crippen molar-refractivity contribution in [2.45, 2.75) is 6.54 Å². The van der Waals surface area contributed by atoms with E-state index in [4.69, 9.17) is 5.73 Å². The molecule has 5 nitrogen and oxygen atoms in total. The van der Waals surface area contributed by atoms with Gasteiger partial charge >= 0.3 is 0 Å². The smallest absolute Gasteiger partial charge is 0.251 e. The highest BCUT2D eigenvalue weighted by molar-refractivity contribution is 5.95. The molecule has 2 rings (SSSR count). The van der Waals surface area contributed by atoms with Crippen molar-refractivity contribution in [1.82, 2.24) is 15.1 Å². The minimum absolute atomic E-state index is 0.0992. The van der Waals surface area contributed by atoms with Crippen molar-refractivity contribution in [3.05, 3.63) is 29.3 Å². The van der Waals surface area contributed by atoms with Crippen LogP contribution >= 0.6 is 0 Å². The van der Waals surface area contributed by atoms with Crippen molar-refractivity contribution in [3.8, 4) is 0 Å². The maximum atomic E-state index is 11.5. The number of hydrogen-bond donors (Lipinski definition) is 2. The predicted molar refractivity (Wildman–Crippen MR) is 77.0 cm³/mol. The number of carbonyl (C=O) groups is 1. The average molecular weight is 262 g/mol. The van der Waals surface area contributed by atoms with Crippen molar-refractivity contribution < 1.29 is 4.79 Å². The molecule has 1 aromatic rings. The second-order valence-electron chi connectivity index (χ2n) is 5.07. The Balaban J connectivity index is 2.03. The molecule has 1 fully saturated rings. The third-order valence-electron chi connectivity index (χ3n) is 3.62. The molecule has 1 aromatic carbocycles. The molecule has 0 saturated carbocycles. The first-order valence-corrected chi connectivity index (χ1v) is 6.61. The maximum Gasteiger partial charge on any atom is 0.251 e. The number of piperazine rings is 1. The largest absolute Gasteiger partial charge is 0.398 e. The maximum absolute atomic E-state index is 11.5. The summed E-state index contributed by atoms with van der Waals surface area (Å²) >= 11 is 0. The van der Waals surface area contributed by atoms with Crippen LogP contribution in [0.5, 0.6) is 0 Å². The summed E-state index contributed by atoms with van der Waals surface area (Å²) in [4.78, 5) is 16.2. The summed E-state index contributed by atoms with van der Waals surface area (Å²) in [6.45, 7) is 5.17. The van der Waals surface area contributed by atoms with Crippen LogP contribution in [0, 0.1) is 0 Å². The van der Waals surface area contributed by atoms with Crippen LogP contribution in [0.4, 0.5) is 5.69 Å². The Morgan fingerprint density at radius 1 is 1.32 bits per heavy atom. The van der Waals surface area contributed by atoms with Gasteiger partial charge in [0.2, 0.25) is 0 Å². The van der Waals surface area contributed by atoms with E-state index in [9.17, 15) is 4.79 Å². The van der Waals surface area contributed by atoms with Crippen molar-refractivity contribution in [2.24, 2.45) is 0 Å². The summed E-state index contributed by atoms with van der Waals surface area (Å²) in [6.07, 6.45) is 0. The van der Waals surface area contributed by atoms with Gasteiger partial charge in [-0.2, -0.15) is 0 Å². The number of anilines is 1. The van der Waals surface area contributed by atoms with E-state index in [1.165, 1.54) is 0 Å². The van der Waals surface area contributed by atoms with Gasteiger partial charge in [0, 0.05) is 51.0 Å². The summed E-state index contributed by atoms with van der Waals surface area (Å²) in [5.41, 5.74) is 8.44. The normalized spacial score (nSPS) is 17.4. The average Bonchev–Trinajstić information content (AvgIpc) is 2.42. The molecular formula is C14H22N4O. The fourth-order valence-corrected chi connectivity index (χ4v) is 2.27. The molecule has 0 unspecified atom stereocenters. The van der Waals surface area contributed by atoms with Gasteiger partial charge in [-0.3, -0.25) is 9.69 Å². The van der Waals surface area contributed by atoms with Crippen molar-refractivity contribution in [2.75, 3.05) is 46.0 Å². The first-order chi connectivity index (χ1) is 9.10. The van der Waals surface area contributed by atoms with E-state index in [0.717, 1.165) is 38.3 Å². The zero-order valence-electron chi connectivity index (χ0n) is 11.6.